The molecule has 0 aromatic carbocycles. The van der Waals surface area contributed by atoms with E-state index in [1.165, 1.54) is 57.2 Å². The van der Waals surface area contributed by atoms with Crippen LogP contribution in [0.5, 0.6) is 0 Å². The van der Waals surface area contributed by atoms with Gasteiger partial charge < -0.3 is 0 Å². The molecule has 0 bridgehead atoms. The lowest BCUT2D eigenvalue weighted by Crippen LogP contribution is -2.45. The molecular formula is C27H46N2. The summed E-state index contributed by atoms with van der Waals surface area (Å²) in [5, 5.41) is 0. The number of rotatable bonds is 6. The number of likely N-dealkylation sites (tertiary alicyclic amines) is 1. The predicted molar refractivity (Wildman–Crippen MR) is 128 cm³/mol. The number of nitrogens with zero attached hydrogens (tertiary/aromatic N) is 2. The molecule has 2 aliphatic carbocycles. The van der Waals surface area contributed by atoms with Gasteiger partial charge in [0.2, 0.25) is 0 Å². The van der Waals surface area contributed by atoms with Crippen molar-refractivity contribution in [3.8, 4) is 0 Å². The summed E-state index contributed by atoms with van der Waals surface area (Å²) in [6, 6.07) is 1.87. The Bertz CT molecular complexity index is 609. The lowest BCUT2D eigenvalue weighted by molar-refractivity contribution is 0.136. The van der Waals surface area contributed by atoms with Gasteiger partial charge in [-0.15, -0.1) is 0 Å². The van der Waals surface area contributed by atoms with Gasteiger partial charge >= 0.3 is 0 Å². The maximum atomic E-state index is 5.18. The van der Waals surface area contributed by atoms with Crippen molar-refractivity contribution in [2.75, 3.05) is 6.54 Å². The third-order valence-electron chi connectivity index (χ3n) is 7.85. The van der Waals surface area contributed by atoms with E-state index < -0.39 is 0 Å². The monoisotopic (exact) mass is 398 g/mol. The Morgan fingerprint density at radius 1 is 1.03 bits per heavy atom. The summed E-state index contributed by atoms with van der Waals surface area (Å²) in [5.74, 6) is 2.06. The lowest BCUT2D eigenvalue weighted by Gasteiger charge is -2.41. The van der Waals surface area contributed by atoms with E-state index in [-0.39, 0.29) is 0 Å². The Morgan fingerprint density at radius 3 is 2.45 bits per heavy atom. The second-order valence-electron chi connectivity index (χ2n) is 11.0. The fraction of sp³-hybridized carbons (Fsp3) is 0.815. The van der Waals surface area contributed by atoms with E-state index in [0.29, 0.717) is 35.4 Å². The molecule has 164 valence electrons. The third-order valence-corrected chi connectivity index (χ3v) is 7.85. The first-order chi connectivity index (χ1) is 13.8. The van der Waals surface area contributed by atoms with Crippen LogP contribution in [0.15, 0.2) is 29.3 Å². The zero-order valence-corrected chi connectivity index (χ0v) is 20.0. The second kappa shape index (κ2) is 9.94. The Morgan fingerprint density at radius 2 is 1.83 bits per heavy atom. The fourth-order valence-corrected chi connectivity index (χ4v) is 5.87. The smallest absolute Gasteiger partial charge is 0.0567 e. The normalized spacial score (nSPS) is 36.7. The van der Waals surface area contributed by atoms with Crippen molar-refractivity contribution in [3.63, 3.8) is 0 Å². The van der Waals surface area contributed by atoms with Gasteiger partial charge in [-0.3, -0.25) is 9.89 Å². The van der Waals surface area contributed by atoms with Gasteiger partial charge in [-0.25, -0.2) is 0 Å². The molecule has 6 atom stereocenters. The summed E-state index contributed by atoms with van der Waals surface area (Å²) in [4.78, 5) is 8.04. The first-order valence-corrected chi connectivity index (χ1v) is 12.5. The minimum Gasteiger partial charge on any atom is -0.293 e. The van der Waals surface area contributed by atoms with Crippen LogP contribution < -0.4 is 0 Å². The van der Waals surface area contributed by atoms with Crippen LogP contribution in [0.25, 0.3) is 0 Å². The molecule has 0 radical (unpaired) electrons. The maximum absolute atomic E-state index is 5.18. The van der Waals surface area contributed by atoms with Gasteiger partial charge in [0, 0.05) is 17.8 Å². The van der Waals surface area contributed by atoms with Crippen LogP contribution in [0, 0.1) is 23.2 Å². The highest BCUT2D eigenvalue weighted by Crippen LogP contribution is 2.40. The average molecular weight is 399 g/mol. The first kappa shape index (κ1) is 22.8. The van der Waals surface area contributed by atoms with E-state index >= 15 is 0 Å². The average Bonchev–Trinajstić information content (AvgIpc) is 3.18. The Labute approximate surface area is 180 Å². The molecule has 1 saturated heterocycles. The van der Waals surface area contributed by atoms with Crippen LogP contribution in [0.4, 0.5) is 0 Å². The number of allylic oxidation sites excluding steroid dienone is 1. The van der Waals surface area contributed by atoms with Gasteiger partial charge in [0.15, 0.2) is 0 Å². The standard InChI is InChI=1S/C27H46N2/c1-7-10-21-12-13-22(19-25(21)28-20(3)8-2)26-11-9-18-29(26)24-16-14-23(15-17-24)27(4,5)6/h12-14,16,21-26H,7-11,15,17-19H2,1-6H3/b28-20+/t21?,22?,23?,24?,25?,26-/m1/s1. The van der Waals surface area contributed by atoms with Crippen LogP contribution in [-0.2, 0) is 0 Å². The van der Waals surface area contributed by atoms with Crippen LogP contribution in [0.3, 0.4) is 0 Å². The summed E-state index contributed by atoms with van der Waals surface area (Å²) in [6.07, 6.45) is 20.5. The zero-order chi connectivity index (χ0) is 21.0. The quantitative estimate of drug-likeness (QED) is 0.345. The van der Waals surface area contributed by atoms with Gasteiger partial charge in [0.25, 0.3) is 0 Å². The van der Waals surface area contributed by atoms with E-state index in [0.717, 1.165) is 12.3 Å². The lowest BCUT2D eigenvalue weighted by atomic mass is 9.74. The number of hydrogen-bond acceptors (Lipinski definition) is 2. The Kier molecular flexibility index (Phi) is 7.81. The highest BCUT2D eigenvalue weighted by atomic mass is 15.2. The van der Waals surface area contributed by atoms with E-state index in [4.69, 9.17) is 4.99 Å². The minimum absolute atomic E-state index is 0.397. The second-order valence-corrected chi connectivity index (χ2v) is 11.0. The molecule has 0 amide bonds. The van der Waals surface area contributed by atoms with Crippen molar-refractivity contribution in [2.24, 2.45) is 28.2 Å². The van der Waals surface area contributed by atoms with Crippen molar-refractivity contribution in [3.05, 3.63) is 24.3 Å². The summed E-state index contributed by atoms with van der Waals surface area (Å²) >= 11 is 0. The molecule has 0 N–H and O–H groups in total. The van der Waals surface area contributed by atoms with Gasteiger partial charge in [0.1, 0.15) is 0 Å². The maximum Gasteiger partial charge on any atom is 0.0567 e. The van der Waals surface area contributed by atoms with Gasteiger partial charge in [-0.1, -0.05) is 65.3 Å². The van der Waals surface area contributed by atoms with Crippen LogP contribution in [0.2, 0.25) is 0 Å². The van der Waals surface area contributed by atoms with E-state index in [1.54, 1.807) is 0 Å². The molecule has 0 aromatic rings. The molecule has 3 rings (SSSR count). The topological polar surface area (TPSA) is 15.6 Å². The van der Waals surface area contributed by atoms with Gasteiger partial charge in [-0.2, -0.15) is 0 Å². The highest BCUT2D eigenvalue weighted by Gasteiger charge is 2.39. The van der Waals surface area contributed by atoms with Crippen LogP contribution in [0.1, 0.15) is 92.9 Å². The van der Waals surface area contributed by atoms with Crippen molar-refractivity contribution in [1.29, 1.82) is 0 Å². The molecule has 3 aliphatic rings. The molecule has 2 nitrogen and oxygen atoms in total. The molecule has 5 unspecified atom stereocenters. The number of hydrogen-bond donors (Lipinski definition) is 0. The van der Waals surface area contributed by atoms with E-state index in [1.807, 2.05) is 0 Å². The van der Waals surface area contributed by atoms with Crippen molar-refractivity contribution in [2.45, 2.75) is 111 Å². The SMILES string of the molecule is CCCC1C=CC([C@H]2CCCN2C2C=CC(C(C)(C)C)CC2)CC1/N=C(\C)CC. The van der Waals surface area contributed by atoms with E-state index in [9.17, 15) is 0 Å². The Hall–Kier alpha value is -0.890. The molecule has 1 heterocycles. The van der Waals surface area contributed by atoms with Crippen LogP contribution in [-0.4, -0.2) is 35.3 Å². The molecule has 2 heteroatoms. The fourth-order valence-electron chi connectivity index (χ4n) is 5.87. The summed E-state index contributed by atoms with van der Waals surface area (Å²) in [5.41, 5.74) is 1.73. The Balaban J connectivity index is 1.71. The number of aliphatic imine (C=N–C) groups is 1. The molecule has 29 heavy (non-hydrogen) atoms. The van der Waals surface area contributed by atoms with Gasteiger partial charge in [-0.05, 0) is 81.6 Å². The zero-order valence-electron chi connectivity index (χ0n) is 20.0. The first-order valence-electron chi connectivity index (χ1n) is 12.5. The van der Waals surface area contributed by atoms with Crippen molar-refractivity contribution < 1.29 is 0 Å². The van der Waals surface area contributed by atoms with Crippen molar-refractivity contribution >= 4 is 5.71 Å². The van der Waals surface area contributed by atoms with Crippen molar-refractivity contribution in [1.82, 2.24) is 4.90 Å². The minimum atomic E-state index is 0.397. The summed E-state index contributed by atoms with van der Waals surface area (Å²) in [6.45, 7) is 15.2. The highest BCUT2D eigenvalue weighted by molar-refractivity contribution is 5.81. The van der Waals surface area contributed by atoms with Crippen LogP contribution >= 0.6 is 0 Å². The molecule has 1 fully saturated rings. The molecule has 0 aromatic heterocycles. The largest absolute Gasteiger partial charge is 0.293 e. The third kappa shape index (κ3) is 5.63. The van der Waals surface area contributed by atoms with E-state index in [2.05, 4.69) is 70.7 Å². The summed E-state index contributed by atoms with van der Waals surface area (Å²) in [7, 11) is 0. The van der Waals surface area contributed by atoms with Gasteiger partial charge in [0.05, 0.1) is 6.04 Å². The predicted octanol–water partition coefficient (Wildman–Crippen LogP) is 7.06. The molecule has 0 saturated carbocycles. The molecule has 1 aliphatic heterocycles. The molecule has 0 spiro atoms. The summed E-state index contributed by atoms with van der Waals surface area (Å²) < 4.78 is 0. The molecular weight excluding hydrogens is 352 g/mol.